The van der Waals surface area contributed by atoms with Crippen molar-refractivity contribution in [3.05, 3.63) is 92.4 Å². The smallest absolute Gasteiger partial charge is 0.343 e. The molecule has 0 saturated carbocycles. The zero-order valence-corrected chi connectivity index (χ0v) is 18.9. The van der Waals surface area contributed by atoms with Crippen LogP contribution >= 0.6 is 39.1 Å². The van der Waals surface area contributed by atoms with Crippen molar-refractivity contribution >= 4 is 57.2 Å². The van der Waals surface area contributed by atoms with Crippen LogP contribution in [0.2, 0.25) is 10.0 Å². The largest absolute Gasteiger partial charge is 0.482 e. The van der Waals surface area contributed by atoms with Gasteiger partial charge < -0.3 is 9.47 Å². The number of benzene rings is 3. The maximum absolute atomic E-state index is 12.2. The predicted octanol–water partition coefficient (Wildman–Crippen LogP) is 5.50. The lowest BCUT2D eigenvalue weighted by atomic mass is 10.2. The first-order valence-electron chi connectivity index (χ1n) is 8.88. The van der Waals surface area contributed by atoms with Gasteiger partial charge in [0.1, 0.15) is 11.5 Å². The monoisotopic (exact) mass is 520 g/mol. The lowest BCUT2D eigenvalue weighted by molar-refractivity contribution is -0.123. The molecule has 0 spiro atoms. The third-order valence-electron chi connectivity index (χ3n) is 3.78. The molecule has 0 saturated heterocycles. The molecule has 3 aromatic carbocycles. The quantitative estimate of drug-likeness (QED) is 0.192. The van der Waals surface area contributed by atoms with Crippen molar-refractivity contribution in [2.75, 3.05) is 6.61 Å². The Kier molecular flexibility index (Phi) is 8.06. The fourth-order valence-electron chi connectivity index (χ4n) is 2.39. The van der Waals surface area contributed by atoms with E-state index in [1.165, 1.54) is 12.3 Å². The summed E-state index contributed by atoms with van der Waals surface area (Å²) in [5, 5.41) is 4.65. The summed E-state index contributed by atoms with van der Waals surface area (Å²) in [5.41, 5.74) is 3.39. The van der Waals surface area contributed by atoms with Crippen molar-refractivity contribution < 1.29 is 19.1 Å². The van der Waals surface area contributed by atoms with Crippen LogP contribution in [-0.2, 0) is 4.79 Å². The number of hydrogen-bond donors (Lipinski definition) is 1. The Morgan fingerprint density at radius 1 is 1.03 bits per heavy atom. The SMILES string of the molecule is O=C(COc1ccc(Cl)cc1Cl)N/N=C/c1cccc(OC(=O)c2cccc(Br)c2)c1. The van der Waals surface area contributed by atoms with Crippen LogP contribution in [-0.4, -0.2) is 24.7 Å². The van der Waals surface area contributed by atoms with E-state index in [1.54, 1.807) is 54.6 Å². The maximum Gasteiger partial charge on any atom is 0.343 e. The Morgan fingerprint density at radius 2 is 1.84 bits per heavy atom. The van der Waals surface area contributed by atoms with Crippen LogP contribution in [0.15, 0.2) is 76.3 Å². The third-order valence-corrected chi connectivity index (χ3v) is 4.81. The average molecular weight is 522 g/mol. The van der Waals surface area contributed by atoms with Gasteiger partial charge in [0.2, 0.25) is 0 Å². The summed E-state index contributed by atoms with van der Waals surface area (Å²) in [6, 6.07) is 18.3. The Morgan fingerprint density at radius 3 is 2.61 bits per heavy atom. The number of rotatable bonds is 7. The molecular formula is C22H15BrCl2N2O4. The Bertz CT molecular complexity index is 1140. The molecular weight excluding hydrogens is 507 g/mol. The van der Waals surface area contributed by atoms with Crippen LogP contribution in [0.3, 0.4) is 0 Å². The van der Waals surface area contributed by atoms with Crippen LogP contribution in [0.5, 0.6) is 11.5 Å². The lowest BCUT2D eigenvalue weighted by Gasteiger charge is -2.07. The van der Waals surface area contributed by atoms with Crippen molar-refractivity contribution in [2.24, 2.45) is 5.10 Å². The zero-order valence-electron chi connectivity index (χ0n) is 15.8. The number of nitrogens with zero attached hydrogens (tertiary/aromatic N) is 1. The number of hydrogen-bond acceptors (Lipinski definition) is 5. The first-order chi connectivity index (χ1) is 14.9. The molecule has 0 atom stereocenters. The van der Waals surface area contributed by atoms with Gasteiger partial charge in [-0.05, 0) is 54.1 Å². The van der Waals surface area contributed by atoms with E-state index in [1.807, 2.05) is 6.07 Å². The Balaban J connectivity index is 1.52. The van der Waals surface area contributed by atoms with Crippen molar-refractivity contribution in [2.45, 2.75) is 0 Å². The number of ether oxygens (including phenoxy) is 2. The van der Waals surface area contributed by atoms with E-state index in [2.05, 4.69) is 26.5 Å². The van der Waals surface area contributed by atoms with Gasteiger partial charge in [0.05, 0.1) is 16.8 Å². The first-order valence-corrected chi connectivity index (χ1v) is 10.4. The molecule has 0 fully saturated rings. The van der Waals surface area contributed by atoms with E-state index >= 15 is 0 Å². The maximum atomic E-state index is 12.2. The summed E-state index contributed by atoms with van der Waals surface area (Å²) in [6.45, 7) is -0.275. The lowest BCUT2D eigenvalue weighted by Crippen LogP contribution is -2.24. The molecule has 0 aliphatic rings. The number of hydrazone groups is 1. The van der Waals surface area contributed by atoms with E-state index in [-0.39, 0.29) is 6.61 Å². The summed E-state index contributed by atoms with van der Waals surface area (Å²) in [4.78, 5) is 24.1. The molecule has 3 aromatic rings. The van der Waals surface area contributed by atoms with E-state index in [0.29, 0.717) is 32.7 Å². The summed E-state index contributed by atoms with van der Waals surface area (Å²) in [7, 11) is 0. The first kappa shape index (κ1) is 22.8. The highest BCUT2D eigenvalue weighted by molar-refractivity contribution is 9.10. The van der Waals surface area contributed by atoms with Crippen LogP contribution in [0.4, 0.5) is 0 Å². The van der Waals surface area contributed by atoms with Crippen molar-refractivity contribution in [1.82, 2.24) is 5.43 Å². The van der Waals surface area contributed by atoms with E-state index in [4.69, 9.17) is 32.7 Å². The molecule has 0 radical (unpaired) electrons. The van der Waals surface area contributed by atoms with Gasteiger partial charge in [-0.2, -0.15) is 5.10 Å². The summed E-state index contributed by atoms with van der Waals surface area (Å²) >= 11 is 15.1. The Hall–Kier alpha value is -2.87. The second kappa shape index (κ2) is 10.9. The number of nitrogens with one attached hydrogen (secondary N) is 1. The molecule has 3 rings (SSSR count). The number of halogens is 3. The number of amides is 1. The average Bonchev–Trinajstić information content (AvgIpc) is 2.73. The minimum Gasteiger partial charge on any atom is -0.482 e. The van der Waals surface area contributed by atoms with Crippen molar-refractivity contribution in [3.8, 4) is 11.5 Å². The van der Waals surface area contributed by atoms with Gasteiger partial charge >= 0.3 is 5.97 Å². The summed E-state index contributed by atoms with van der Waals surface area (Å²) < 4.78 is 11.5. The van der Waals surface area contributed by atoms with Crippen LogP contribution in [0, 0.1) is 0 Å². The third kappa shape index (κ3) is 7.10. The molecule has 6 nitrogen and oxygen atoms in total. The van der Waals surface area contributed by atoms with Gasteiger partial charge in [0.15, 0.2) is 6.61 Å². The molecule has 0 unspecified atom stereocenters. The second-order valence-electron chi connectivity index (χ2n) is 6.13. The molecule has 0 aliphatic carbocycles. The van der Waals surface area contributed by atoms with Gasteiger partial charge in [-0.15, -0.1) is 0 Å². The molecule has 0 aliphatic heterocycles. The minimum atomic E-state index is -0.485. The van der Waals surface area contributed by atoms with Gasteiger partial charge in [0.25, 0.3) is 5.91 Å². The fourth-order valence-corrected chi connectivity index (χ4v) is 3.25. The standard InChI is InChI=1S/C22H15BrCl2N2O4/c23-16-5-2-4-15(10-16)22(29)31-18-6-1-3-14(9-18)12-26-27-21(28)13-30-20-8-7-17(24)11-19(20)25/h1-12H,13H2,(H,27,28)/b26-12+. The fraction of sp³-hybridized carbons (Fsp3) is 0.0455. The highest BCUT2D eigenvalue weighted by Gasteiger charge is 2.09. The van der Waals surface area contributed by atoms with Crippen LogP contribution in [0.25, 0.3) is 0 Å². The molecule has 1 N–H and O–H groups in total. The van der Waals surface area contributed by atoms with Crippen LogP contribution < -0.4 is 14.9 Å². The minimum absolute atomic E-state index is 0.275. The van der Waals surface area contributed by atoms with E-state index < -0.39 is 11.9 Å². The van der Waals surface area contributed by atoms with Gasteiger partial charge in [0, 0.05) is 9.50 Å². The second-order valence-corrected chi connectivity index (χ2v) is 7.89. The topological polar surface area (TPSA) is 77.0 Å². The number of esters is 1. The summed E-state index contributed by atoms with van der Waals surface area (Å²) in [5.74, 6) is -0.271. The van der Waals surface area contributed by atoms with Gasteiger partial charge in [-0.1, -0.05) is 57.3 Å². The Labute approximate surface area is 196 Å². The number of carbonyl (C=O) groups is 2. The predicted molar refractivity (Wildman–Crippen MR) is 123 cm³/mol. The van der Waals surface area contributed by atoms with Crippen molar-refractivity contribution in [3.63, 3.8) is 0 Å². The molecule has 0 heterocycles. The molecule has 158 valence electrons. The molecule has 1 amide bonds. The van der Waals surface area contributed by atoms with Crippen LogP contribution in [0.1, 0.15) is 15.9 Å². The summed E-state index contributed by atoms with van der Waals surface area (Å²) in [6.07, 6.45) is 1.42. The normalized spacial score (nSPS) is 10.7. The molecule has 0 aromatic heterocycles. The van der Waals surface area contributed by atoms with Gasteiger partial charge in [-0.3, -0.25) is 4.79 Å². The molecule has 9 heteroatoms. The number of carbonyl (C=O) groups excluding carboxylic acids is 2. The molecule has 31 heavy (non-hydrogen) atoms. The van der Waals surface area contributed by atoms with E-state index in [0.717, 1.165) is 4.47 Å². The van der Waals surface area contributed by atoms with Gasteiger partial charge in [-0.25, -0.2) is 10.2 Å². The highest BCUT2D eigenvalue weighted by atomic mass is 79.9. The zero-order chi connectivity index (χ0) is 22.2. The highest BCUT2D eigenvalue weighted by Crippen LogP contribution is 2.27. The molecule has 0 bridgehead atoms. The van der Waals surface area contributed by atoms with E-state index in [9.17, 15) is 9.59 Å². The van der Waals surface area contributed by atoms with Crippen molar-refractivity contribution in [1.29, 1.82) is 0 Å².